The number of aliphatic hydroxyl groups excluding tert-OH is 1. The largest absolute Gasteiger partial charge is 0.395 e. The highest BCUT2D eigenvalue weighted by Gasteiger charge is 2.16. The number of anilines is 1. The highest BCUT2D eigenvalue weighted by Crippen LogP contribution is 2.18. The Morgan fingerprint density at radius 2 is 1.94 bits per heavy atom. The van der Waals surface area contributed by atoms with Gasteiger partial charge in [-0.15, -0.1) is 0 Å². The predicted octanol–water partition coefficient (Wildman–Crippen LogP) is 2.42. The van der Waals surface area contributed by atoms with Crippen LogP contribution in [0, 0.1) is 0 Å². The molecule has 0 amide bonds. The van der Waals surface area contributed by atoms with Gasteiger partial charge in [-0.2, -0.15) is 0 Å². The standard InChI is InChI=1S/C14H25N3O/c1-4-7-12-10-14(16-11-15-12)17(8-9-18)13(5-2)6-3/h10-11,13,18H,4-9H2,1-3H3. The third kappa shape index (κ3) is 3.95. The third-order valence-corrected chi connectivity index (χ3v) is 3.23. The summed E-state index contributed by atoms with van der Waals surface area (Å²) in [6, 6.07) is 2.49. The van der Waals surface area contributed by atoms with Crippen LogP contribution in [-0.2, 0) is 6.42 Å². The summed E-state index contributed by atoms with van der Waals surface area (Å²) >= 11 is 0. The number of aromatic nitrogens is 2. The van der Waals surface area contributed by atoms with Crippen LogP contribution in [0.1, 0.15) is 45.7 Å². The molecule has 0 saturated heterocycles. The monoisotopic (exact) mass is 251 g/mol. The molecule has 4 heteroatoms. The quantitative estimate of drug-likeness (QED) is 0.771. The van der Waals surface area contributed by atoms with Gasteiger partial charge in [0.2, 0.25) is 0 Å². The number of rotatable bonds is 8. The van der Waals surface area contributed by atoms with Crippen molar-refractivity contribution >= 4 is 5.82 Å². The fourth-order valence-electron chi connectivity index (χ4n) is 2.26. The summed E-state index contributed by atoms with van der Waals surface area (Å²) in [5.41, 5.74) is 1.08. The van der Waals surface area contributed by atoms with E-state index in [1.165, 1.54) is 0 Å². The topological polar surface area (TPSA) is 49.2 Å². The summed E-state index contributed by atoms with van der Waals surface area (Å²) in [6.07, 6.45) is 5.81. The minimum atomic E-state index is 0.156. The minimum Gasteiger partial charge on any atom is -0.395 e. The molecule has 0 aliphatic heterocycles. The lowest BCUT2D eigenvalue weighted by Crippen LogP contribution is -2.37. The Labute approximate surface area is 110 Å². The number of aryl methyl sites for hydroxylation is 1. The van der Waals surface area contributed by atoms with Crippen molar-refractivity contribution in [3.05, 3.63) is 18.1 Å². The number of aliphatic hydroxyl groups is 1. The van der Waals surface area contributed by atoms with Gasteiger partial charge in [-0.3, -0.25) is 0 Å². The van der Waals surface area contributed by atoms with Gasteiger partial charge >= 0.3 is 0 Å². The first-order valence-electron chi connectivity index (χ1n) is 6.95. The average Bonchev–Trinajstić information content (AvgIpc) is 2.40. The molecule has 102 valence electrons. The molecule has 0 bridgehead atoms. The van der Waals surface area contributed by atoms with E-state index in [1.807, 2.05) is 0 Å². The zero-order valence-electron chi connectivity index (χ0n) is 11.8. The first-order valence-corrected chi connectivity index (χ1v) is 6.95. The highest BCUT2D eigenvalue weighted by atomic mass is 16.3. The van der Waals surface area contributed by atoms with E-state index >= 15 is 0 Å². The summed E-state index contributed by atoms with van der Waals surface area (Å²) in [7, 11) is 0. The second-order valence-electron chi connectivity index (χ2n) is 4.50. The van der Waals surface area contributed by atoms with Crippen LogP contribution >= 0.6 is 0 Å². The molecule has 0 atom stereocenters. The van der Waals surface area contributed by atoms with Crippen LogP contribution in [-0.4, -0.2) is 34.3 Å². The molecule has 1 aromatic heterocycles. The Kier molecular flexibility index (Phi) is 6.65. The number of hydrogen-bond acceptors (Lipinski definition) is 4. The van der Waals surface area contributed by atoms with Crippen LogP contribution in [0.4, 0.5) is 5.82 Å². The van der Waals surface area contributed by atoms with E-state index in [-0.39, 0.29) is 6.61 Å². The van der Waals surface area contributed by atoms with Crippen LogP contribution < -0.4 is 4.90 Å². The minimum absolute atomic E-state index is 0.156. The maximum atomic E-state index is 9.23. The maximum absolute atomic E-state index is 9.23. The molecule has 0 aliphatic carbocycles. The SMILES string of the molecule is CCCc1cc(N(CCO)C(CC)CC)ncn1. The van der Waals surface area contributed by atoms with Gasteiger partial charge < -0.3 is 10.0 Å². The third-order valence-electron chi connectivity index (χ3n) is 3.23. The summed E-state index contributed by atoms with van der Waals surface area (Å²) in [4.78, 5) is 10.8. The number of nitrogens with zero attached hydrogens (tertiary/aromatic N) is 3. The molecule has 1 heterocycles. The molecular formula is C14H25N3O. The Bertz CT molecular complexity index is 340. The van der Waals surface area contributed by atoms with Crippen LogP contribution in [0.25, 0.3) is 0 Å². The smallest absolute Gasteiger partial charge is 0.132 e. The Balaban J connectivity index is 2.93. The van der Waals surface area contributed by atoms with E-state index in [0.717, 1.165) is 37.2 Å². The van der Waals surface area contributed by atoms with Gasteiger partial charge in [0, 0.05) is 24.3 Å². The summed E-state index contributed by atoms with van der Waals surface area (Å²) in [5, 5.41) is 9.23. The van der Waals surface area contributed by atoms with Gasteiger partial charge in [-0.05, 0) is 19.3 Å². The fourth-order valence-corrected chi connectivity index (χ4v) is 2.26. The van der Waals surface area contributed by atoms with Gasteiger partial charge in [-0.1, -0.05) is 27.2 Å². The van der Waals surface area contributed by atoms with Crippen molar-refractivity contribution in [3.63, 3.8) is 0 Å². The lowest BCUT2D eigenvalue weighted by atomic mass is 10.1. The molecule has 1 rings (SSSR count). The van der Waals surface area contributed by atoms with Crippen LogP contribution in [0.5, 0.6) is 0 Å². The Morgan fingerprint density at radius 3 is 2.50 bits per heavy atom. The zero-order valence-corrected chi connectivity index (χ0v) is 11.8. The summed E-state index contributed by atoms with van der Waals surface area (Å²) in [5.74, 6) is 0.941. The molecule has 0 fully saturated rings. The Hall–Kier alpha value is -1.16. The molecule has 1 aromatic rings. The van der Waals surface area contributed by atoms with Gasteiger partial charge in [0.25, 0.3) is 0 Å². The van der Waals surface area contributed by atoms with E-state index in [1.54, 1.807) is 6.33 Å². The van der Waals surface area contributed by atoms with Crippen molar-refractivity contribution in [2.45, 2.75) is 52.5 Å². The normalized spacial score (nSPS) is 10.9. The fraction of sp³-hybridized carbons (Fsp3) is 0.714. The van der Waals surface area contributed by atoms with Crippen molar-refractivity contribution in [2.75, 3.05) is 18.1 Å². The first-order chi connectivity index (χ1) is 8.76. The molecular weight excluding hydrogens is 226 g/mol. The van der Waals surface area contributed by atoms with E-state index in [4.69, 9.17) is 0 Å². The summed E-state index contributed by atoms with van der Waals surface area (Å²) in [6.45, 7) is 7.28. The van der Waals surface area contributed by atoms with Gasteiger partial charge in [0.1, 0.15) is 12.1 Å². The van der Waals surface area contributed by atoms with Crippen LogP contribution in [0.3, 0.4) is 0 Å². The van der Waals surface area contributed by atoms with Crippen LogP contribution in [0.15, 0.2) is 12.4 Å². The predicted molar refractivity (Wildman–Crippen MR) is 74.8 cm³/mol. The van der Waals surface area contributed by atoms with Crippen molar-refractivity contribution < 1.29 is 5.11 Å². The highest BCUT2D eigenvalue weighted by molar-refractivity contribution is 5.40. The second-order valence-corrected chi connectivity index (χ2v) is 4.50. The summed E-state index contributed by atoms with van der Waals surface area (Å²) < 4.78 is 0. The van der Waals surface area contributed by atoms with Gasteiger partial charge in [0.15, 0.2) is 0 Å². The molecule has 4 nitrogen and oxygen atoms in total. The molecule has 0 aromatic carbocycles. The molecule has 0 radical (unpaired) electrons. The van der Waals surface area contributed by atoms with E-state index in [2.05, 4.69) is 41.7 Å². The number of hydrogen-bond donors (Lipinski definition) is 1. The first kappa shape index (κ1) is 14.9. The van der Waals surface area contributed by atoms with E-state index in [0.29, 0.717) is 12.6 Å². The van der Waals surface area contributed by atoms with E-state index in [9.17, 15) is 5.11 Å². The zero-order chi connectivity index (χ0) is 13.4. The molecule has 0 spiro atoms. The molecule has 1 N–H and O–H groups in total. The molecule has 18 heavy (non-hydrogen) atoms. The van der Waals surface area contributed by atoms with Crippen molar-refractivity contribution in [2.24, 2.45) is 0 Å². The van der Waals surface area contributed by atoms with Crippen molar-refractivity contribution in [1.82, 2.24) is 9.97 Å². The lowest BCUT2D eigenvalue weighted by molar-refractivity contribution is 0.295. The van der Waals surface area contributed by atoms with Crippen molar-refractivity contribution in [1.29, 1.82) is 0 Å². The van der Waals surface area contributed by atoms with Gasteiger partial charge in [0.05, 0.1) is 6.61 Å². The lowest BCUT2D eigenvalue weighted by Gasteiger charge is -2.31. The molecule has 0 unspecified atom stereocenters. The molecule has 0 aliphatic rings. The van der Waals surface area contributed by atoms with Crippen molar-refractivity contribution in [3.8, 4) is 0 Å². The van der Waals surface area contributed by atoms with Gasteiger partial charge in [-0.25, -0.2) is 9.97 Å². The maximum Gasteiger partial charge on any atom is 0.132 e. The van der Waals surface area contributed by atoms with Crippen LogP contribution in [0.2, 0.25) is 0 Å². The Morgan fingerprint density at radius 1 is 1.22 bits per heavy atom. The molecule has 0 saturated carbocycles. The second kappa shape index (κ2) is 8.03. The average molecular weight is 251 g/mol. The van der Waals surface area contributed by atoms with E-state index < -0.39 is 0 Å².